The Morgan fingerprint density at radius 3 is 2.44 bits per heavy atom. The van der Waals surface area contributed by atoms with Crippen LogP contribution in [-0.4, -0.2) is 59.1 Å². The molecule has 9 nitrogen and oxygen atoms in total. The highest BCUT2D eigenvalue weighted by atomic mass is 19.4. The van der Waals surface area contributed by atoms with Crippen LogP contribution in [0.1, 0.15) is 47.1 Å². The molecule has 3 heterocycles. The number of aromatic nitrogens is 5. The molecule has 1 aliphatic heterocycles. The Balaban J connectivity index is 0.000000406. The molecule has 182 valence electrons. The number of hydrogen-bond acceptors (Lipinski definition) is 5. The SMILES string of the molecule is CCCc1ccc(C(=O)N2CCCn3nnc(Cn4ccnc4)c3C2)cc1.O=C(O)C(F)(F)F. The minimum Gasteiger partial charge on any atom is -0.475 e. The predicted molar refractivity (Wildman–Crippen MR) is 115 cm³/mol. The molecule has 1 amide bonds. The van der Waals surface area contributed by atoms with Crippen LogP contribution >= 0.6 is 0 Å². The minimum absolute atomic E-state index is 0.0706. The Morgan fingerprint density at radius 1 is 1.15 bits per heavy atom. The van der Waals surface area contributed by atoms with Crippen molar-refractivity contribution in [1.82, 2.24) is 29.4 Å². The molecule has 0 atom stereocenters. The smallest absolute Gasteiger partial charge is 0.475 e. The van der Waals surface area contributed by atoms with Gasteiger partial charge in [-0.25, -0.2) is 14.5 Å². The highest BCUT2D eigenvalue weighted by Gasteiger charge is 2.38. The van der Waals surface area contributed by atoms with Crippen LogP contribution in [0.5, 0.6) is 0 Å². The average molecular weight is 478 g/mol. The normalized spacial score (nSPS) is 13.5. The highest BCUT2D eigenvalue weighted by molar-refractivity contribution is 5.94. The molecule has 0 spiro atoms. The van der Waals surface area contributed by atoms with E-state index < -0.39 is 12.1 Å². The molecule has 0 saturated heterocycles. The van der Waals surface area contributed by atoms with Crippen molar-refractivity contribution in [2.24, 2.45) is 0 Å². The van der Waals surface area contributed by atoms with Crippen molar-refractivity contribution in [2.45, 2.75) is 52.0 Å². The first kappa shape index (κ1) is 24.9. The molecule has 0 unspecified atom stereocenters. The lowest BCUT2D eigenvalue weighted by atomic mass is 10.1. The number of nitrogens with zero attached hydrogens (tertiary/aromatic N) is 6. The predicted octanol–water partition coefficient (Wildman–Crippen LogP) is 3.15. The van der Waals surface area contributed by atoms with Crippen molar-refractivity contribution in [3.05, 3.63) is 65.5 Å². The largest absolute Gasteiger partial charge is 0.490 e. The minimum atomic E-state index is -5.08. The molecule has 0 saturated carbocycles. The zero-order chi connectivity index (χ0) is 24.7. The quantitative estimate of drug-likeness (QED) is 0.604. The van der Waals surface area contributed by atoms with Crippen LogP contribution in [0, 0.1) is 0 Å². The number of imidazole rings is 1. The summed E-state index contributed by atoms with van der Waals surface area (Å²) < 4.78 is 35.6. The maximum atomic E-state index is 13.0. The van der Waals surface area contributed by atoms with Crippen LogP contribution in [0.3, 0.4) is 0 Å². The van der Waals surface area contributed by atoms with Crippen molar-refractivity contribution in [2.75, 3.05) is 6.54 Å². The van der Waals surface area contributed by atoms with E-state index in [0.717, 1.165) is 49.3 Å². The van der Waals surface area contributed by atoms with Gasteiger partial charge in [0.05, 0.1) is 25.1 Å². The van der Waals surface area contributed by atoms with E-state index in [1.165, 1.54) is 5.56 Å². The van der Waals surface area contributed by atoms with E-state index in [1.807, 2.05) is 32.5 Å². The maximum Gasteiger partial charge on any atom is 0.490 e. The number of carbonyl (C=O) groups is 2. The molecule has 0 fully saturated rings. The van der Waals surface area contributed by atoms with Gasteiger partial charge in [0.1, 0.15) is 5.69 Å². The summed E-state index contributed by atoms with van der Waals surface area (Å²) in [6.45, 7) is 4.82. The Labute approximate surface area is 193 Å². The first-order valence-electron chi connectivity index (χ1n) is 10.7. The molecule has 1 N–H and O–H groups in total. The standard InChI is InChI=1S/C20H24N6O.C2HF3O2/c1-2-4-16-5-7-17(8-6-16)20(27)25-10-3-11-26-19(14-25)18(22-23-26)13-24-12-9-21-15-24;3-2(4,5)1(6)7/h5-9,12,15H,2-4,10-11,13-14H2,1H3;(H,6,7). The van der Waals surface area contributed by atoms with Crippen molar-refractivity contribution in [1.29, 1.82) is 0 Å². The van der Waals surface area contributed by atoms with E-state index in [2.05, 4.69) is 34.4 Å². The first-order valence-corrected chi connectivity index (χ1v) is 10.7. The first-order chi connectivity index (χ1) is 16.2. The Kier molecular flexibility index (Phi) is 8.03. The topological polar surface area (TPSA) is 106 Å². The summed E-state index contributed by atoms with van der Waals surface area (Å²) in [4.78, 5) is 27.9. The van der Waals surface area contributed by atoms with Gasteiger partial charge in [0.2, 0.25) is 0 Å². The summed E-state index contributed by atoms with van der Waals surface area (Å²) in [6, 6.07) is 8.01. The molecular weight excluding hydrogens is 453 g/mol. The van der Waals surface area contributed by atoms with Crippen molar-refractivity contribution in [3.63, 3.8) is 0 Å². The average Bonchev–Trinajstić information content (AvgIpc) is 3.38. The summed E-state index contributed by atoms with van der Waals surface area (Å²) in [5, 5.41) is 15.8. The lowest BCUT2D eigenvalue weighted by Gasteiger charge is -2.20. The third-order valence-electron chi connectivity index (χ3n) is 5.22. The van der Waals surface area contributed by atoms with Crippen LogP contribution < -0.4 is 0 Å². The fourth-order valence-corrected chi connectivity index (χ4v) is 3.53. The fourth-order valence-electron chi connectivity index (χ4n) is 3.53. The van der Waals surface area contributed by atoms with Gasteiger partial charge in [-0.15, -0.1) is 5.10 Å². The summed E-state index contributed by atoms with van der Waals surface area (Å²) in [5.41, 5.74) is 3.92. The number of benzene rings is 1. The molecule has 34 heavy (non-hydrogen) atoms. The number of rotatable bonds is 5. The van der Waals surface area contributed by atoms with Gasteiger partial charge in [0.15, 0.2) is 0 Å². The number of carboxylic acids is 1. The summed E-state index contributed by atoms with van der Waals surface area (Å²) in [7, 11) is 0. The molecule has 3 aromatic rings. The second-order valence-corrected chi connectivity index (χ2v) is 7.77. The molecule has 0 bridgehead atoms. The van der Waals surface area contributed by atoms with E-state index >= 15 is 0 Å². The zero-order valence-electron chi connectivity index (χ0n) is 18.6. The van der Waals surface area contributed by atoms with Gasteiger partial charge >= 0.3 is 12.1 Å². The number of aryl methyl sites for hydroxylation is 2. The lowest BCUT2D eigenvalue weighted by Crippen LogP contribution is -2.31. The van der Waals surface area contributed by atoms with Gasteiger partial charge in [-0.05, 0) is 30.5 Å². The zero-order valence-corrected chi connectivity index (χ0v) is 18.6. The highest BCUT2D eigenvalue weighted by Crippen LogP contribution is 2.18. The fraction of sp³-hybridized carbons (Fsp3) is 0.409. The van der Waals surface area contributed by atoms with E-state index in [0.29, 0.717) is 13.1 Å². The van der Waals surface area contributed by atoms with E-state index in [9.17, 15) is 18.0 Å². The van der Waals surface area contributed by atoms with Crippen LogP contribution in [0.25, 0.3) is 0 Å². The Bertz CT molecular complexity index is 1090. The van der Waals surface area contributed by atoms with Gasteiger partial charge in [-0.2, -0.15) is 13.2 Å². The van der Waals surface area contributed by atoms with Gasteiger partial charge in [0.25, 0.3) is 5.91 Å². The van der Waals surface area contributed by atoms with Crippen LogP contribution in [-0.2, 0) is 30.8 Å². The Hall–Kier alpha value is -3.70. The number of carbonyl (C=O) groups excluding carboxylic acids is 1. The summed E-state index contributed by atoms with van der Waals surface area (Å²) >= 11 is 0. The van der Waals surface area contributed by atoms with Crippen molar-refractivity contribution >= 4 is 11.9 Å². The van der Waals surface area contributed by atoms with Gasteiger partial charge in [-0.1, -0.05) is 30.7 Å². The molecular formula is C22H25F3N6O3. The molecule has 12 heteroatoms. The van der Waals surface area contributed by atoms with Crippen LogP contribution in [0.4, 0.5) is 13.2 Å². The van der Waals surface area contributed by atoms with Crippen molar-refractivity contribution < 1.29 is 27.9 Å². The lowest BCUT2D eigenvalue weighted by molar-refractivity contribution is -0.192. The maximum absolute atomic E-state index is 13.0. The third-order valence-corrected chi connectivity index (χ3v) is 5.22. The van der Waals surface area contributed by atoms with Crippen molar-refractivity contribution in [3.8, 4) is 0 Å². The van der Waals surface area contributed by atoms with E-state index in [4.69, 9.17) is 9.90 Å². The third kappa shape index (κ3) is 6.42. The number of alkyl halides is 3. The Morgan fingerprint density at radius 2 is 1.85 bits per heavy atom. The molecule has 1 aliphatic rings. The van der Waals surface area contributed by atoms with Gasteiger partial charge in [0, 0.05) is 31.0 Å². The van der Waals surface area contributed by atoms with Crippen LogP contribution in [0.2, 0.25) is 0 Å². The monoisotopic (exact) mass is 478 g/mol. The number of amides is 1. The van der Waals surface area contributed by atoms with Gasteiger partial charge < -0.3 is 14.6 Å². The van der Waals surface area contributed by atoms with Gasteiger partial charge in [-0.3, -0.25) is 4.79 Å². The van der Waals surface area contributed by atoms with E-state index in [1.54, 1.807) is 12.5 Å². The molecule has 0 aliphatic carbocycles. The van der Waals surface area contributed by atoms with E-state index in [-0.39, 0.29) is 5.91 Å². The number of hydrogen-bond donors (Lipinski definition) is 1. The molecule has 0 radical (unpaired) electrons. The molecule has 2 aromatic heterocycles. The number of aliphatic carboxylic acids is 1. The number of halogens is 3. The molecule has 1 aromatic carbocycles. The number of carboxylic acid groups (broad SMARTS) is 1. The second-order valence-electron chi connectivity index (χ2n) is 7.77. The summed E-state index contributed by atoms with van der Waals surface area (Å²) in [6.07, 6.45) is 3.37. The summed E-state index contributed by atoms with van der Waals surface area (Å²) in [5.74, 6) is -2.69. The number of fused-ring (bicyclic) bond motifs is 1. The van der Waals surface area contributed by atoms with Crippen LogP contribution in [0.15, 0.2) is 43.0 Å². The second kappa shape index (κ2) is 10.9. The molecule has 4 rings (SSSR count).